The van der Waals surface area contributed by atoms with Gasteiger partial charge in [-0.3, -0.25) is 4.79 Å². The third-order valence-corrected chi connectivity index (χ3v) is 4.63. The van der Waals surface area contributed by atoms with Crippen molar-refractivity contribution < 1.29 is 14.3 Å². The predicted octanol–water partition coefficient (Wildman–Crippen LogP) is 3.86. The maximum absolute atomic E-state index is 12.3. The molecule has 2 aromatic rings. The Morgan fingerprint density at radius 3 is 2.57 bits per heavy atom. The molecule has 1 aliphatic rings. The number of methoxy groups -OCH3 is 1. The molecule has 0 saturated heterocycles. The molecule has 154 valence electrons. The zero-order chi connectivity index (χ0) is 18.4. The minimum Gasteiger partial charge on any atom is -0.497 e. The van der Waals surface area contributed by atoms with E-state index in [1.54, 1.807) is 13.3 Å². The molecular formula is C20H27Cl2N3O3. The molecular weight excluding hydrogens is 401 g/mol. The number of hydrogen-bond donors (Lipinski definition) is 2. The van der Waals surface area contributed by atoms with Gasteiger partial charge in [0.15, 0.2) is 0 Å². The number of nitrogens with one attached hydrogen (secondary N) is 1. The van der Waals surface area contributed by atoms with E-state index < -0.39 is 0 Å². The summed E-state index contributed by atoms with van der Waals surface area (Å²) in [6.45, 7) is 0.450. The van der Waals surface area contributed by atoms with Crippen LogP contribution in [0.5, 0.6) is 17.4 Å². The Balaban J connectivity index is 0.00000196. The molecule has 8 heteroatoms. The number of hydrogen-bond acceptors (Lipinski definition) is 5. The number of aromatic nitrogens is 1. The number of nitrogens with zero attached hydrogens (tertiary/aromatic N) is 1. The number of ether oxygens (including phenoxy) is 2. The minimum atomic E-state index is 0. The summed E-state index contributed by atoms with van der Waals surface area (Å²) in [7, 11) is 1.62. The first kappa shape index (κ1) is 24.0. The largest absolute Gasteiger partial charge is 0.497 e. The third kappa shape index (κ3) is 6.86. The van der Waals surface area contributed by atoms with E-state index in [2.05, 4.69) is 10.3 Å². The molecule has 0 spiro atoms. The van der Waals surface area contributed by atoms with Crippen molar-refractivity contribution in [2.75, 3.05) is 7.11 Å². The van der Waals surface area contributed by atoms with E-state index in [-0.39, 0.29) is 42.7 Å². The number of carbonyl (C=O) groups excluding carboxylic acids is 1. The highest BCUT2D eigenvalue weighted by Gasteiger charge is 2.24. The fourth-order valence-electron chi connectivity index (χ4n) is 3.18. The Labute approximate surface area is 178 Å². The smallest absolute Gasteiger partial charge is 0.223 e. The fourth-order valence-corrected chi connectivity index (χ4v) is 3.18. The summed E-state index contributed by atoms with van der Waals surface area (Å²) in [6.07, 6.45) is 5.40. The lowest BCUT2D eigenvalue weighted by Crippen LogP contribution is -2.37. The second kappa shape index (κ2) is 11.7. The van der Waals surface area contributed by atoms with Crippen molar-refractivity contribution in [3.8, 4) is 17.4 Å². The van der Waals surface area contributed by atoms with Crippen molar-refractivity contribution >= 4 is 30.7 Å². The van der Waals surface area contributed by atoms with E-state index in [1.165, 1.54) is 0 Å². The van der Waals surface area contributed by atoms with Crippen molar-refractivity contribution in [2.45, 2.75) is 38.3 Å². The SMILES string of the molecule is COc1ccc(Oc2cc(CNC(=O)C3CCCC(N)C3)ccn2)cc1.Cl.Cl. The molecule has 1 amide bonds. The van der Waals surface area contributed by atoms with Crippen molar-refractivity contribution in [1.29, 1.82) is 0 Å². The van der Waals surface area contributed by atoms with Gasteiger partial charge in [-0.2, -0.15) is 0 Å². The Kier molecular flexibility index (Phi) is 10.1. The van der Waals surface area contributed by atoms with E-state index in [1.807, 2.05) is 36.4 Å². The third-order valence-electron chi connectivity index (χ3n) is 4.63. The average Bonchev–Trinajstić information content (AvgIpc) is 2.67. The summed E-state index contributed by atoms with van der Waals surface area (Å²) in [4.78, 5) is 16.5. The highest BCUT2D eigenvalue weighted by molar-refractivity contribution is 5.85. The van der Waals surface area contributed by atoms with Gasteiger partial charge in [0.05, 0.1) is 7.11 Å². The molecule has 1 aliphatic carbocycles. The normalized spacial score (nSPS) is 18.2. The first-order valence-corrected chi connectivity index (χ1v) is 8.94. The van der Waals surface area contributed by atoms with Crippen LogP contribution < -0.4 is 20.5 Å². The molecule has 1 heterocycles. The Bertz CT molecular complexity index is 744. The van der Waals surface area contributed by atoms with Crippen LogP contribution in [0.2, 0.25) is 0 Å². The number of halogens is 2. The highest BCUT2D eigenvalue weighted by Crippen LogP contribution is 2.24. The van der Waals surface area contributed by atoms with E-state index in [4.69, 9.17) is 15.2 Å². The van der Waals surface area contributed by atoms with Crippen LogP contribution in [0, 0.1) is 5.92 Å². The molecule has 1 fully saturated rings. The molecule has 1 aromatic carbocycles. The van der Waals surface area contributed by atoms with Crippen LogP contribution in [0.1, 0.15) is 31.2 Å². The van der Waals surface area contributed by atoms with Crippen molar-refractivity contribution in [1.82, 2.24) is 10.3 Å². The molecule has 0 bridgehead atoms. The molecule has 1 aromatic heterocycles. The number of pyridine rings is 1. The number of nitrogens with two attached hydrogens (primary N) is 1. The zero-order valence-electron chi connectivity index (χ0n) is 15.8. The van der Waals surface area contributed by atoms with Crippen LogP contribution in [0.3, 0.4) is 0 Å². The van der Waals surface area contributed by atoms with Gasteiger partial charge in [0.2, 0.25) is 11.8 Å². The summed E-state index contributed by atoms with van der Waals surface area (Å²) in [5.74, 6) is 2.03. The topological polar surface area (TPSA) is 86.5 Å². The molecule has 6 nitrogen and oxygen atoms in total. The van der Waals surface area contributed by atoms with Gasteiger partial charge < -0.3 is 20.5 Å². The second-order valence-electron chi connectivity index (χ2n) is 6.62. The van der Waals surface area contributed by atoms with Gasteiger partial charge >= 0.3 is 0 Å². The van der Waals surface area contributed by atoms with E-state index >= 15 is 0 Å². The maximum atomic E-state index is 12.3. The monoisotopic (exact) mass is 427 g/mol. The summed E-state index contributed by atoms with van der Waals surface area (Å²) in [5.41, 5.74) is 6.91. The molecule has 28 heavy (non-hydrogen) atoms. The standard InChI is InChI=1S/C20H25N3O3.2ClH/c1-25-17-5-7-18(8-6-17)26-19-11-14(9-10-22-19)13-23-20(24)15-3-2-4-16(21)12-15;;/h5-11,15-16H,2-4,12-13,21H2,1H3,(H,23,24);2*1H. The lowest BCUT2D eigenvalue weighted by Gasteiger charge is -2.25. The van der Waals surface area contributed by atoms with Crippen molar-refractivity contribution in [3.63, 3.8) is 0 Å². The van der Waals surface area contributed by atoms with Crippen molar-refractivity contribution in [2.24, 2.45) is 11.7 Å². The van der Waals surface area contributed by atoms with E-state index in [0.717, 1.165) is 37.0 Å². The van der Waals surface area contributed by atoms with Crippen LogP contribution in [0.4, 0.5) is 0 Å². The average molecular weight is 428 g/mol. The molecule has 2 atom stereocenters. The first-order chi connectivity index (χ1) is 12.6. The van der Waals surface area contributed by atoms with Crippen LogP contribution >= 0.6 is 24.8 Å². The van der Waals surface area contributed by atoms with Crippen LogP contribution in [-0.2, 0) is 11.3 Å². The molecule has 3 N–H and O–H groups in total. The van der Waals surface area contributed by atoms with E-state index in [0.29, 0.717) is 18.2 Å². The summed E-state index contributed by atoms with van der Waals surface area (Å²) in [6, 6.07) is 11.1. The highest BCUT2D eigenvalue weighted by atomic mass is 35.5. The van der Waals surface area contributed by atoms with Crippen molar-refractivity contribution in [3.05, 3.63) is 48.2 Å². The van der Waals surface area contributed by atoms with Gasteiger partial charge in [-0.1, -0.05) is 6.42 Å². The quantitative estimate of drug-likeness (QED) is 0.730. The van der Waals surface area contributed by atoms with Gasteiger partial charge in [0, 0.05) is 30.8 Å². The molecule has 1 saturated carbocycles. The number of rotatable bonds is 6. The minimum absolute atomic E-state index is 0. The molecule has 3 rings (SSSR count). The Morgan fingerprint density at radius 2 is 1.89 bits per heavy atom. The zero-order valence-corrected chi connectivity index (χ0v) is 17.4. The van der Waals surface area contributed by atoms with Gasteiger partial charge in [-0.25, -0.2) is 4.98 Å². The second-order valence-corrected chi connectivity index (χ2v) is 6.62. The Hall–Kier alpha value is -2.02. The summed E-state index contributed by atoms with van der Waals surface area (Å²) >= 11 is 0. The summed E-state index contributed by atoms with van der Waals surface area (Å²) < 4.78 is 10.9. The van der Waals surface area contributed by atoms with Crippen LogP contribution in [-0.4, -0.2) is 24.0 Å². The molecule has 0 radical (unpaired) electrons. The van der Waals surface area contributed by atoms with Crippen LogP contribution in [0.15, 0.2) is 42.6 Å². The van der Waals surface area contributed by atoms with Gasteiger partial charge in [-0.05, 0) is 55.2 Å². The van der Waals surface area contributed by atoms with Gasteiger partial charge in [0.25, 0.3) is 0 Å². The number of amides is 1. The fraction of sp³-hybridized carbons (Fsp3) is 0.400. The molecule has 2 unspecified atom stereocenters. The van der Waals surface area contributed by atoms with Gasteiger partial charge in [-0.15, -0.1) is 24.8 Å². The summed E-state index contributed by atoms with van der Waals surface area (Å²) in [5, 5.41) is 3.00. The Morgan fingerprint density at radius 1 is 1.18 bits per heavy atom. The molecule has 0 aliphatic heterocycles. The van der Waals surface area contributed by atoms with E-state index in [9.17, 15) is 4.79 Å². The lowest BCUT2D eigenvalue weighted by molar-refractivity contribution is -0.126. The number of benzene rings is 1. The lowest BCUT2D eigenvalue weighted by atomic mass is 9.85. The van der Waals surface area contributed by atoms with Crippen LogP contribution in [0.25, 0.3) is 0 Å². The predicted molar refractivity (Wildman–Crippen MR) is 114 cm³/mol. The number of carbonyl (C=O) groups is 1. The first-order valence-electron chi connectivity index (χ1n) is 8.94. The maximum Gasteiger partial charge on any atom is 0.223 e. The van der Waals surface area contributed by atoms with Gasteiger partial charge in [0.1, 0.15) is 11.5 Å².